The molecule has 1 aliphatic heterocycles. The molecule has 1 aromatic carbocycles. The standard InChI is InChI=1S/C18H23FN4O4S/c1-11-16(13(3)22(4)20-11)28(26,27)21-12(2)17(24)23-9-18(25,10-23)14-5-7-15(19)8-6-14/h5-8,12,21,25H,9-10H2,1-4H3. The summed E-state index contributed by atoms with van der Waals surface area (Å²) >= 11 is 0. The number of halogens is 1. The molecule has 1 saturated heterocycles. The van der Waals surface area contributed by atoms with E-state index in [4.69, 9.17) is 0 Å². The Balaban J connectivity index is 1.68. The van der Waals surface area contributed by atoms with E-state index in [1.165, 1.54) is 40.8 Å². The summed E-state index contributed by atoms with van der Waals surface area (Å²) in [7, 11) is -2.29. The van der Waals surface area contributed by atoms with Crippen molar-refractivity contribution >= 4 is 15.9 Å². The molecule has 1 atom stereocenters. The molecule has 0 saturated carbocycles. The van der Waals surface area contributed by atoms with Crippen LogP contribution in [0, 0.1) is 19.7 Å². The maximum absolute atomic E-state index is 13.0. The third-order valence-corrected chi connectivity index (χ3v) is 6.80. The predicted octanol–water partition coefficient (Wildman–Crippen LogP) is 0.573. The Morgan fingerprint density at radius 3 is 2.36 bits per heavy atom. The quantitative estimate of drug-likeness (QED) is 0.750. The zero-order valence-corrected chi connectivity index (χ0v) is 16.9. The van der Waals surface area contributed by atoms with Crippen LogP contribution in [0.1, 0.15) is 23.9 Å². The summed E-state index contributed by atoms with van der Waals surface area (Å²) in [5.74, 6) is -0.863. The summed E-state index contributed by atoms with van der Waals surface area (Å²) in [4.78, 5) is 14.0. The number of nitrogens with zero attached hydrogens (tertiary/aromatic N) is 3. The van der Waals surface area contributed by atoms with E-state index in [1.54, 1.807) is 20.9 Å². The van der Waals surface area contributed by atoms with Gasteiger partial charge in [-0.1, -0.05) is 12.1 Å². The number of carbonyl (C=O) groups excluding carboxylic acids is 1. The fourth-order valence-electron chi connectivity index (χ4n) is 3.44. The summed E-state index contributed by atoms with van der Waals surface area (Å²) in [6, 6.07) is 4.41. The molecule has 28 heavy (non-hydrogen) atoms. The maximum Gasteiger partial charge on any atom is 0.244 e. The van der Waals surface area contributed by atoms with Crippen molar-refractivity contribution in [2.24, 2.45) is 7.05 Å². The van der Waals surface area contributed by atoms with Gasteiger partial charge in [0.2, 0.25) is 15.9 Å². The molecule has 0 bridgehead atoms. The van der Waals surface area contributed by atoms with E-state index in [-0.39, 0.29) is 18.0 Å². The number of likely N-dealkylation sites (tertiary alicyclic amines) is 1. The van der Waals surface area contributed by atoms with Crippen molar-refractivity contribution in [3.05, 3.63) is 47.0 Å². The molecule has 0 spiro atoms. The smallest absolute Gasteiger partial charge is 0.244 e. The summed E-state index contributed by atoms with van der Waals surface area (Å²) in [5, 5.41) is 14.7. The minimum atomic E-state index is -3.93. The third kappa shape index (κ3) is 3.54. The first-order valence-corrected chi connectivity index (χ1v) is 10.2. The maximum atomic E-state index is 13.0. The molecule has 1 unspecified atom stereocenters. The molecule has 2 aromatic rings. The highest BCUT2D eigenvalue weighted by Gasteiger charge is 2.46. The van der Waals surface area contributed by atoms with Gasteiger partial charge < -0.3 is 10.0 Å². The molecule has 2 N–H and O–H groups in total. The Hall–Kier alpha value is -2.30. The van der Waals surface area contributed by atoms with Crippen LogP contribution in [0.25, 0.3) is 0 Å². The molecular weight excluding hydrogens is 387 g/mol. The van der Waals surface area contributed by atoms with Crippen molar-refractivity contribution in [3.63, 3.8) is 0 Å². The predicted molar refractivity (Wildman–Crippen MR) is 99.3 cm³/mol. The van der Waals surface area contributed by atoms with Crippen LogP contribution in [0.4, 0.5) is 4.39 Å². The number of aromatic nitrogens is 2. The second kappa shape index (κ2) is 6.94. The lowest BCUT2D eigenvalue weighted by Crippen LogP contribution is -2.64. The van der Waals surface area contributed by atoms with Gasteiger partial charge in [0, 0.05) is 7.05 Å². The Kier molecular flexibility index (Phi) is 5.07. The first-order chi connectivity index (χ1) is 12.9. The van der Waals surface area contributed by atoms with Gasteiger partial charge in [-0.05, 0) is 38.5 Å². The summed E-state index contributed by atoms with van der Waals surface area (Å²) in [6.07, 6.45) is 0. The Morgan fingerprint density at radius 1 is 1.29 bits per heavy atom. The summed E-state index contributed by atoms with van der Waals surface area (Å²) < 4.78 is 42.3. The SMILES string of the molecule is Cc1nn(C)c(C)c1S(=O)(=O)NC(C)C(=O)N1CC(O)(c2ccc(F)cc2)C1. The molecule has 0 aliphatic carbocycles. The zero-order chi connectivity index (χ0) is 20.9. The largest absolute Gasteiger partial charge is 0.381 e. The highest BCUT2D eigenvalue weighted by molar-refractivity contribution is 7.89. The first-order valence-electron chi connectivity index (χ1n) is 8.74. The molecule has 0 radical (unpaired) electrons. The summed E-state index contributed by atoms with van der Waals surface area (Å²) in [5.41, 5.74) is 0.0623. The minimum absolute atomic E-state index is 0.00841. The Morgan fingerprint density at radius 2 is 1.86 bits per heavy atom. The van der Waals surface area contributed by atoms with Gasteiger partial charge in [0.25, 0.3) is 0 Å². The molecule has 1 fully saturated rings. The van der Waals surface area contributed by atoms with E-state index in [2.05, 4.69) is 9.82 Å². The number of carbonyl (C=O) groups is 1. The molecule has 3 rings (SSSR count). The molecular formula is C18H23FN4O4S. The molecule has 1 aromatic heterocycles. The van der Waals surface area contributed by atoms with Gasteiger partial charge in [0.1, 0.15) is 16.3 Å². The van der Waals surface area contributed by atoms with Crippen molar-refractivity contribution in [3.8, 4) is 0 Å². The van der Waals surface area contributed by atoms with Gasteiger partial charge in [-0.15, -0.1) is 0 Å². The molecule has 1 amide bonds. The van der Waals surface area contributed by atoms with Crippen molar-refractivity contribution in [2.45, 2.75) is 37.3 Å². The lowest BCUT2D eigenvalue weighted by Gasteiger charge is -2.47. The van der Waals surface area contributed by atoms with Gasteiger partial charge >= 0.3 is 0 Å². The average Bonchev–Trinajstić information content (AvgIpc) is 2.84. The number of hydrogen-bond acceptors (Lipinski definition) is 5. The first kappa shape index (κ1) is 20.4. The summed E-state index contributed by atoms with van der Waals surface area (Å²) in [6.45, 7) is 4.70. The van der Waals surface area contributed by atoms with Crippen LogP contribution in [0.5, 0.6) is 0 Å². The van der Waals surface area contributed by atoms with E-state index in [0.717, 1.165) is 0 Å². The minimum Gasteiger partial charge on any atom is -0.381 e. The lowest BCUT2D eigenvalue weighted by atomic mass is 9.86. The number of nitrogens with one attached hydrogen (secondary N) is 1. The molecule has 2 heterocycles. The van der Waals surface area contributed by atoms with E-state index in [1.807, 2.05) is 0 Å². The van der Waals surface area contributed by atoms with Gasteiger partial charge in [-0.3, -0.25) is 9.48 Å². The fraction of sp³-hybridized carbons (Fsp3) is 0.444. The van der Waals surface area contributed by atoms with Gasteiger partial charge in [-0.25, -0.2) is 12.8 Å². The van der Waals surface area contributed by atoms with E-state index in [0.29, 0.717) is 17.0 Å². The molecule has 152 valence electrons. The number of aryl methyl sites for hydroxylation is 2. The van der Waals surface area contributed by atoms with Crippen LogP contribution < -0.4 is 4.72 Å². The topological polar surface area (TPSA) is 105 Å². The van der Waals surface area contributed by atoms with Gasteiger partial charge in [0.05, 0.1) is 30.5 Å². The van der Waals surface area contributed by atoms with Gasteiger partial charge in [0.15, 0.2) is 0 Å². The Bertz CT molecular complexity index is 1010. The fourth-order valence-corrected chi connectivity index (χ4v) is 5.08. The van der Waals surface area contributed by atoms with Crippen molar-refractivity contribution in [1.29, 1.82) is 0 Å². The van der Waals surface area contributed by atoms with Crippen LogP contribution in [-0.4, -0.2) is 53.2 Å². The zero-order valence-electron chi connectivity index (χ0n) is 16.1. The third-order valence-electron chi connectivity index (χ3n) is 5.01. The number of β-amino-alcohol motifs (C(OH)–C–C–N with tert-alkyl or cyclic N) is 1. The number of rotatable bonds is 5. The van der Waals surface area contributed by atoms with Crippen molar-refractivity contribution < 1.29 is 22.7 Å². The van der Waals surface area contributed by atoms with Crippen LogP contribution in [-0.2, 0) is 27.5 Å². The number of amides is 1. The number of aliphatic hydroxyl groups is 1. The molecule has 8 nitrogen and oxygen atoms in total. The average molecular weight is 410 g/mol. The van der Waals surface area contributed by atoms with Crippen LogP contribution in [0.15, 0.2) is 29.2 Å². The van der Waals surface area contributed by atoms with Crippen LogP contribution in [0.3, 0.4) is 0 Å². The second-order valence-electron chi connectivity index (χ2n) is 7.20. The molecule has 10 heteroatoms. The normalized spacial score (nSPS) is 17.3. The van der Waals surface area contributed by atoms with Crippen LogP contribution >= 0.6 is 0 Å². The lowest BCUT2D eigenvalue weighted by molar-refractivity contribution is -0.158. The number of benzene rings is 1. The number of hydrogen-bond donors (Lipinski definition) is 2. The van der Waals surface area contributed by atoms with E-state index >= 15 is 0 Å². The molecule has 1 aliphatic rings. The second-order valence-corrected chi connectivity index (χ2v) is 8.85. The number of sulfonamides is 1. The van der Waals surface area contributed by atoms with Gasteiger partial charge in [-0.2, -0.15) is 9.82 Å². The van der Waals surface area contributed by atoms with Crippen molar-refractivity contribution in [2.75, 3.05) is 13.1 Å². The Labute approximate surface area is 163 Å². The van der Waals surface area contributed by atoms with E-state index in [9.17, 15) is 22.7 Å². The monoisotopic (exact) mass is 410 g/mol. The van der Waals surface area contributed by atoms with E-state index < -0.39 is 33.4 Å². The van der Waals surface area contributed by atoms with Crippen molar-refractivity contribution in [1.82, 2.24) is 19.4 Å². The van der Waals surface area contributed by atoms with Crippen LogP contribution in [0.2, 0.25) is 0 Å². The highest BCUT2D eigenvalue weighted by Crippen LogP contribution is 2.32. The highest BCUT2D eigenvalue weighted by atomic mass is 32.2.